The van der Waals surface area contributed by atoms with E-state index in [0.717, 1.165) is 0 Å². The number of hydrogen-bond donors (Lipinski definition) is 2. The average Bonchev–Trinajstić information content (AvgIpc) is 2.44. The van der Waals surface area contributed by atoms with Crippen LogP contribution < -0.4 is 11.5 Å². The summed E-state index contributed by atoms with van der Waals surface area (Å²) >= 11 is 5.93. The number of rotatable bonds is 2. The Balaban J connectivity index is 2.71. The lowest BCUT2D eigenvalue weighted by atomic mass is 10.0. The van der Waals surface area contributed by atoms with Gasteiger partial charge >= 0.3 is 5.97 Å². The predicted octanol–water partition coefficient (Wildman–Crippen LogP) is 2.80. The molecule has 1 aromatic carbocycles. The fourth-order valence-corrected chi connectivity index (χ4v) is 2.06. The first kappa shape index (κ1) is 15.1. The van der Waals surface area contributed by atoms with Crippen molar-refractivity contribution in [1.82, 2.24) is 4.98 Å². The highest BCUT2D eigenvalue weighted by atomic mass is 35.5. The number of halogens is 2. The molecule has 4 N–H and O–H groups in total. The number of methoxy groups -OCH3 is 1. The number of esters is 1. The molecule has 5 nitrogen and oxygen atoms in total. The van der Waals surface area contributed by atoms with Crippen molar-refractivity contribution in [2.45, 2.75) is 6.92 Å². The van der Waals surface area contributed by atoms with Crippen LogP contribution in [0.2, 0.25) is 5.02 Å². The Hall–Kier alpha value is -2.34. The van der Waals surface area contributed by atoms with Gasteiger partial charge in [-0.3, -0.25) is 0 Å². The Bertz CT molecular complexity index is 735. The zero-order valence-electron chi connectivity index (χ0n) is 11.4. The number of ether oxygens (including phenoxy) is 1. The summed E-state index contributed by atoms with van der Waals surface area (Å²) in [5.74, 6) is -1.31. The lowest BCUT2D eigenvalue weighted by Gasteiger charge is -2.11. The first-order valence-electron chi connectivity index (χ1n) is 5.95. The van der Waals surface area contributed by atoms with Gasteiger partial charge in [0.05, 0.1) is 29.2 Å². The molecule has 21 heavy (non-hydrogen) atoms. The molecule has 0 aliphatic rings. The van der Waals surface area contributed by atoms with Crippen LogP contribution in [0.1, 0.15) is 16.1 Å². The maximum absolute atomic E-state index is 13.7. The third-order valence-corrected chi connectivity index (χ3v) is 3.31. The van der Waals surface area contributed by atoms with Crippen molar-refractivity contribution in [3.63, 3.8) is 0 Å². The molecule has 1 aromatic heterocycles. The van der Waals surface area contributed by atoms with Crippen LogP contribution in [0.15, 0.2) is 18.2 Å². The number of benzene rings is 1. The summed E-state index contributed by atoms with van der Waals surface area (Å²) in [6.45, 7) is 1.71. The topological polar surface area (TPSA) is 91.2 Å². The molecule has 0 bridgehead atoms. The number of carbonyl (C=O) groups is 1. The Morgan fingerprint density at radius 3 is 2.62 bits per heavy atom. The third kappa shape index (κ3) is 2.75. The maximum atomic E-state index is 13.7. The number of hydrogen-bond acceptors (Lipinski definition) is 5. The largest absolute Gasteiger partial charge is 0.464 e. The molecule has 7 heteroatoms. The SMILES string of the molecule is COC(=O)c1nc(-c2cc(C)cc(F)c2N)cc(N)c1Cl. The van der Waals surface area contributed by atoms with Crippen LogP contribution in [-0.4, -0.2) is 18.1 Å². The van der Waals surface area contributed by atoms with Gasteiger partial charge in [-0.15, -0.1) is 0 Å². The minimum atomic E-state index is -0.736. The monoisotopic (exact) mass is 309 g/mol. The second-order valence-electron chi connectivity index (χ2n) is 4.46. The zero-order valence-corrected chi connectivity index (χ0v) is 12.2. The van der Waals surface area contributed by atoms with Crippen LogP contribution in [0.3, 0.4) is 0 Å². The molecule has 0 fully saturated rings. The maximum Gasteiger partial charge on any atom is 0.358 e. The summed E-state index contributed by atoms with van der Waals surface area (Å²) in [6, 6.07) is 4.38. The minimum absolute atomic E-state index is 0.0164. The molecule has 0 aliphatic heterocycles. The highest BCUT2D eigenvalue weighted by Gasteiger charge is 2.19. The number of aromatic nitrogens is 1. The molecule has 1 heterocycles. The van der Waals surface area contributed by atoms with Crippen LogP contribution in [0.5, 0.6) is 0 Å². The van der Waals surface area contributed by atoms with Crippen LogP contribution in [0, 0.1) is 12.7 Å². The lowest BCUT2D eigenvalue weighted by molar-refractivity contribution is 0.0594. The van der Waals surface area contributed by atoms with Gasteiger partial charge < -0.3 is 16.2 Å². The molecule has 2 rings (SSSR count). The summed E-state index contributed by atoms with van der Waals surface area (Å²) in [7, 11) is 1.20. The first-order valence-corrected chi connectivity index (χ1v) is 6.33. The summed E-state index contributed by atoms with van der Waals surface area (Å²) < 4.78 is 18.3. The van der Waals surface area contributed by atoms with E-state index in [1.165, 1.54) is 19.2 Å². The van der Waals surface area contributed by atoms with Gasteiger partial charge in [-0.05, 0) is 30.7 Å². The summed E-state index contributed by atoms with van der Waals surface area (Å²) in [4.78, 5) is 15.7. The van der Waals surface area contributed by atoms with Crippen LogP contribution in [0.4, 0.5) is 15.8 Å². The van der Waals surface area contributed by atoms with E-state index in [9.17, 15) is 9.18 Å². The van der Waals surface area contributed by atoms with Gasteiger partial charge in [-0.1, -0.05) is 11.6 Å². The molecule has 0 radical (unpaired) electrons. The van der Waals surface area contributed by atoms with E-state index in [4.69, 9.17) is 23.1 Å². The van der Waals surface area contributed by atoms with Crippen molar-refractivity contribution in [3.05, 3.63) is 40.3 Å². The minimum Gasteiger partial charge on any atom is -0.464 e. The van der Waals surface area contributed by atoms with Crippen molar-refractivity contribution in [2.24, 2.45) is 0 Å². The number of nitrogens with two attached hydrogens (primary N) is 2. The number of anilines is 2. The van der Waals surface area contributed by atoms with Crippen LogP contribution in [0.25, 0.3) is 11.3 Å². The van der Waals surface area contributed by atoms with Crippen molar-refractivity contribution >= 4 is 28.9 Å². The fraction of sp³-hybridized carbons (Fsp3) is 0.143. The molecule has 0 saturated heterocycles. The van der Waals surface area contributed by atoms with E-state index >= 15 is 0 Å². The third-order valence-electron chi connectivity index (χ3n) is 2.91. The summed E-state index contributed by atoms with van der Waals surface area (Å²) in [5.41, 5.74) is 12.6. The second kappa shape index (κ2) is 5.57. The van der Waals surface area contributed by atoms with E-state index in [1.54, 1.807) is 13.0 Å². The molecule has 0 atom stereocenters. The molecule has 0 spiro atoms. The van der Waals surface area contributed by atoms with Crippen molar-refractivity contribution in [2.75, 3.05) is 18.6 Å². The molecule has 0 unspecified atom stereocenters. The second-order valence-corrected chi connectivity index (χ2v) is 4.84. The standard InChI is InChI=1S/C14H13ClFN3O2/c1-6-3-7(12(18)8(16)4-6)10-5-9(17)11(15)13(19-10)14(20)21-2/h3-5H,18H2,1-2H3,(H2,17,19). The number of nitrogens with zero attached hydrogens (tertiary/aromatic N) is 1. The van der Waals surface area contributed by atoms with Crippen LogP contribution in [-0.2, 0) is 4.74 Å². The fourth-order valence-electron chi connectivity index (χ4n) is 1.88. The van der Waals surface area contributed by atoms with Gasteiger partial charge in [0.2, 0.25) is 0 Å². The Labute approximate surface area is 125 Å². The number of nitrogen functional groups attached to an aromatic ring is 2. The molecule has 110 valence electrons. The molecule has 0 aliphatic carbocycles. The number of carbonyl (C=O) groups excluding carboxylic acids is 1. The number of aryl methyl sites for hydroxylation is 1. The smallest absolute Gasteiger partial charge is 0.358 e. The Morgan fingerprint density at radius 2 is 2.00 bits per heavy atom. The van der Waals surface area contributed by atoms with Gasteiger partial charge in [-0.25, -0.2) is 14.2 Å². The van der Waals surface area contributed by atoms with Crippen LogP contribution >= 0.6 is 11.6 Å². The van der Waals surface area contributed by atoms with Crippen molar-refractivity contribution in [3.8, 4) is 11.3 Å². The van der Waals surface area contributed by atoms with E-state index in [2.05, 4.69) is 9.72 Å². The molecule has 2 aromatic rings. The van der Waals surface area contributed by atoms with E-state index in [0.29, 0.717) is 11.1 Å². The molecule has 0 saturated carbocycles. The van der Waals surface area contributed by atoms with Gasteiger partial charge in [0.15, 0.2) is 5.69 Å². The van der Waals surface area contributed by atoms with E-state index in [-0.39, 0.29) is 27.8 Å². The summed E-state index contributed by atoms with van der Waals surface area (Å²) in [6.07, 6.45) is 0. The van der Waals surface area contributed by atoms with Crippen molar-refractivity contribution in [1.29, 1.82) is 0 Å². The molecular formula is C14H13ClFN3O2. The van der Waals surface area contributed by atoms with E-state index in [1.807, 2.05) is 0 Å². The Morgan fingerprint density at radius 1 is 1.33 bits per heavy atom. The highest BCUT2D eigenvalue weighted by Crippen LogP contribution is 2.32. The predicted molar refractivity (Wildman–Crippen MR) is 79.5 cm³/mol. The van der Waals surface area contributed by atoms with Crippen molar-refractivity contribution < 1.29 is 13.9 Å². The zero-order chi connectivity index (χ0) is 15.7. The quantitative estimate of drug-likeness (QED) is 0.657. The summed E-state index contributed by atoms with van der Waals surface area (Å²) in [5, 5.41) is -0.0164. The highest BCUT2D eigenvalue weighted by molar-refractivity contribution is 6.35. The average molecular weight is 310 g/mol. The van der Waals surface area contributed by atoms with Gasteiger partial charge in [0, 0.05) is 5.56 Å². The number of pyridine rings is 1. The van der Waals surface area contributed by atoms with Gasteiger partial charge in [-0.2, -0.15) is 0 Å². The lowest BCUT2D eigenvalue weighted by Crippen LogP contribution is -2.08. The van der Waals surface area contributed by atoms with Gasteiger partial charge in [0.1, 0.15) is 5.82 Å². The first-order chi connectivity index (χ1) is 9.85. The molecule has 0 amide bonds. The van der Waals surface area contributed by atoms with E-state index < -0.39 is 11.8 Å². The Kier molecular flexibility index (Phi) is 3.99. The normalized spacial score (nSPS) is 10.5. The van der Waals surface area contributed by atoms with Gasteiger partial charge in [0.25, 0.3) is 0 Å². The molecular weight excluding hydrogens is 297 g/mol.